The molecule has 0 atom stereocenters. The summed E-state index contributed by atoms with van der Waals surface area (Å²) >= 11 is 1.61. The molecule has 3 aromatic rings. The molecule has 2 N–H and O–H groups in total. The van der Waals surface area contributed by atoms with Crippen molar-refractivity contribution in [3.05, 3.63) is 53.9 Å². The fraction of sp³-hybridized carbons (Fsp3) is 0.286. The molecule has 1 heterocycles. The Labute approximate surface area is 162 Å². The number of imidazole rings is 1. The molecule has 136 valence electrons. The number of aromatic amines is 1. The second-order valence-electron chi connectivity index (χ2n) is 6.76. The number of hydrogen-bond acceptors (Lipinski definition) is 4. The van der Waals surface area contributed by atoms with Crippen LogP contribution in [0.5, 0.6) is 0 Å². The molecule has 6 heteroatoms. The Morgan fingerprint density at radius 2 is 2.07 bits per heavy atom. The smallest absolute Gasteiger partial charge is 0.225 e. The number of H-pyrrole nitrogens is 1. The lowest BCUT2D eigenvalue weighted by Crippen LogP contribution is -2.12. The Balaban J connectivity index is 1.31. The molecular weight excluding hydrogens is 356 g/mol. The average Bonchev–Trinajstić information content (AvgIpc) is 3.03. The second-order valence-corrected chi connectivity index (χ2v) is 7.93. The Kier molecular flexibility index (Phi) is 5.12. The van der Waals surface area contributed by atoms with Gasteiger partial charge in [0.15, 0.2) is 0 Å². The van der Waals surface area contributed by atoms with Crippen LogP contribution in [0, 0.1) is 11.3 Å². The van der Waals surface area contributed by atoms with Gasteiger partial charge in [-0.05, 0) is 55.3 Å². The number of benzene rings is 2. The van der Waals surface area contributed by atoms with Gasteiger partial charge in [0.1, 0.15) is 5.82 Å². The summed E-state index contributed by atoms with van der Waals surface area (Å²) in [6.45, 7) is 0. The second kappa shape index (κ2) is 7.85. The number of fused-ring (bicyclic) bond motifs is 1. The first-order chi connectivity index (χ1) is 13.2. The normalized spacial score (nSPS) is 13.9. The molecular formula is C21H20N4OS. The molecule has 0 bridgehead atoms. The Morgan fingerprint density at radius 3 is 2.78 bits per heavy atom. The van der Waals surface area contributed by atoms with E-state index in [2.05, 4.69) is 21.4 Å². The minimum Gasteiger partial charge on any atom is -0.342 e. The number of nitrogens with zero attached hydrogens (tertiary/aromatic N) is 2. The molecule has 1 aromatic heterocycles. The zero-order valence-electron chi connectivity index (χ0n) is 14.9. The summed E-state index contributed by atoms with van der Waals surface area (Å²) in [5, 5.41) is 11.8. The minimum atomic E-state index is -0.00535. The summed E-state index contributed by atoms with van der Waals surface area (Å²) in [6.07, 6.45) is 4.13. The van der Waals surface area contributed by atoms with Crippen LogP contribution in [-0.4, -0.2) is 21.6 Å². The standard InChI is InChI=1S/C21H20N4OS/c22-13-14-4-7-17(8-5-14)27-11-10-20(26)23-16-6-9-18-19(12-16)25-21(24-18)15-2-1-3-15/h4-9,12,15H,1-3,10-11H2,(H,23,26)(H,24,25). The predicted molar refractivity (Wildman–Crippen MR) is 108 cm³/mol. The van der Waals surface area contributed by atoms with E-state index in [4.69, 9.17) is 5.26 Å². The highest BCUT2D eigenvalue weighted by Crippen LogP contribution is 2.35. The van der Waals surface area contributed by atoms with Crippen molar-refractivity contribution < 1.29 is 4.79 Å². The third-order valence-electron chi connectivity index (χ3n) is 4.86. The van der Waals surface area contributed by atoms with Crippen LogP contribution < -0.4 is 5.32 Å². The van der Waals surface area contributed by atoms with Crippen LogP contribution in [-0.2, 0) is 4.79 Å². The van der Waals surface area contributed by atoms with Crippen molar-refractivity contribution in [3.63, 3.8) is 0 Å². The van der Waals surface area contributed by atoms with Gasteiger partial charge in [0.25, 0.3) is 0 Å². The van der Waals surface area contributed by atoms with Crippen LogP contribution in [0.3, 0.4) is 0 Å². The van der Waals surface area contributed by atoms with E-state index in [9.17, 15) is 4.79 Å². The average molecular weight is 376 g/mol. The van der Waals surface area contributed by atoms with E-state index in [1.807, 2.05) is 30.3 Å². The summed E-state index contributed by atoms with van der Waals surface area (Å²) in [4.78, 5) is 21.3. The van der Waals surface area contributed by atoms with Crippen LogP contribution in [0.15, 0.2) is 47.4 Å². The third-order valence-corrected chi connectivity index (χ3v) is 5.87. The first-order valence-corrected chi connectivity index (χ1v) is 10.1. The summed E-state index contributed by atoms with van der Waals surface area (Å²) in [5.41, 5.74) is 3.36. The van der Waals surface area contributed by atoms with Crippen LogP contribution in [0.25, 0.3) is 11.0 Å². The number of thioether (sulfide) groups is 1. The lowest BCUT2D eigenvalue weighted by atomic mass is 9.85. The highest BCUT2D eigenvalue weighted by Gasteiger charge is 2.22. The highest BCUT2D eigenvalue weighted by atomic mass is 32.2. The SMILES string of the molecule is N#Cc1ccc(SCCC(=O)Nc2ccc3nc(C4CCC4)[nH]c3c2)cc1. The Hall–Kier alpha value is -2.78. The topological polar surface area (TPSA) is 81.6 Å². The van der Waals surface area contributed by atoms with E-state index in [0.717, 1.165) is 27.4 Å². The van der Waals surface area contributed by atoms with Gasteiger partial charge in [0.2, 0.25) is 5.91 Å². The van der Waals surface area contributed by atoms with Crippen LogP contribution >= 0.6 is 11.8 Å². The van der Waals surface area contributed by atoms with E-state index >= 15 is 0 Å². The molecule has 1 aliphatic rings. The first kappa shape index (κ1) is 17.6. The van der Waals surface area contributed by atoms with Crippen molar-refractivity contribution in [2.75, 3.05) is 11.1 Å². The predicted octanol–water partition coefficient (Wildman–Crippen LogP) is 4.82. The summed E-state index contributed by atoms with van der Waals surface area (Å²) in [5.74, 6) is 2.32. The van der Waals surface area contributed by atoms with Gasteiger partial charge in [-0.2, -0.15) is 5.26 Å². The summed E-state index contributed by atoms with van der Waals surface area (Å²) in [6, 6.07) is 15.3. The molecule has 1 amide bonds. The molecule has 5 nitrogen and oxygen atoms in total. The molecule has 0 radical (unpaired) electrons. The number of aromatic nitrogens is 2. The lowest BCUT2D eigenvalue weighted by Gasteiger charge is -2.22. The van der Waals surface area contributed by atoms with Crippen LogP contribution in [0.2, 0.25) is 0 Å². The molecule has 1 fully saturated rings. The number of nitriles is 1. The Morgan fingerprint density at radius 1 is 1.26 bits per heavy atom. The fourth-order valence-electron chi connectivity index (χ4n) is 3.09. The molecule has 1 aliphatic carbocycles. The van der Waals surface area contributed by atoms with E-state index in [1.54, 1.807) is 23.9 Å². The molecule has 4 rings (SSSR count). The van der Waals surface area contributed by atoms with Crippen molar-refractivity contribution >= 4 is 34.4 Å². The van der Waals surface area contributed by atoms with Crippen LogP contribution in [0.4, 0.5) is 5.69 Å². The molecule has 1 saturated carbocycles. The van der Waals surface area contributed by atoms with Gasteiger partial charge in [-0.15, -0.1) is 11.8 Å². The molecule has 0 aliphatic heterocycles. The van der Waals surface area contributed by atoms with Crippen molar-refractivity contribution in [2.24, 2.45) is 0 Å². The van der Waals surface area contributed by atoms with E-state index in [-0.39, 0.29) is 5.91 Å². The molecule has 0 unspecified atom stereocenters. The van der Waals surface area contributed by atoms with Gasteiger partial charge in [0, 0.05) is 28.7 Å². The van der Waals surface area contributed by atoms with Crippen molar-refractivity contribution in [2.45, 2.75) is 36.5 Å². The van der Waals surface area contributed by atoms with Gasteiger partial charge in [-0.1, -0.05) is 6.42 Å². The monoisotopic (exact) mass is 376 g/mol. The number of hydrogen-bond donors (Lipinski definition) is 2. The number of rotatable bonds is 6. The molecule has 27 heavy (non-hydrogen) atoms. The van der Waals surface area contributed by atoms with E-state index in [1.165, 1.54) is 19.3 Å². The summed E-state index contributed by atoms with van der Waals surface area (Å²) < 4.78 is 0. The maximum Gasteiger partial charge on any atom is 0.225 e. The lowest BCUT2D eigenvalue weighted by molar-refractivity contribution is -0.115. The fourth-order valence-corrected chi connectivity index (χ4v) is 3.94. The zero-order chi connectivity index (χ0) is 18.6. The number of amides is 1. The van der Waals surface area contributed by atoms with Crippen LogP contribution in [0.1, 0.15) is 43.0 Å². The molecule has 0 spiro atoms. The zero-order valence-corrected chi connectivity index (χ0v) is 15.7. The van der Waals surface area contributed by atoms with E-state index < -0.39 is 0 Å². The number of nitrogens with one attached hydrogen (secondary N) is 2. The van der Waals surface area contributed by atoms with Gasteiger partial charge in [0.05, 0.1) is 22.7 Å². The maximum atomic E-state index is 12.2. The first-order valence-electron chi connectivity index (χ1n) is 9.14. The Bertz CT molecular complexity index is 999. The summed E-state index contributed by atoms with van der Waals surface area (Å²) in [7, 11) is 0. The largest absolute Gasteiger partial charge is 0.342 e. The van der Waals surface area contributed by atoms with Gasteiger partial charge < -0.3 is 10.3 Å². The van der Waals surface area contributed by atoms with E-state index in [0.29, 0.717) is 23.7 Å². The van der Waals surface area contributed by atoms with Gasteiger partial charge >= 0.3 is 0 Å². The number of anilines is 1. The number of carbonyl (C=O) groups excluding carboxylic acids is 1. The van der Waals surface area contributed by atoms with Crippen molar-refractivity contribution in [3.8, 4) is 6.07 Å². The van der Waals surface area contributed by atoms with Gasteiger partial charge in [-0.25, -0.2) is 4.98 Å². The van der Waals surface area contributed by atoms with Crippen molar-refractivity contribution in [1.82, 2.24) is 9.97 Å². The minimum absolute atomic E-state index is 0.00535. The quantitative estimate of drug-likeness (QED) is 0.604. The molecule has 0 saturated heterocycles. The molecule has 2 aromatic carbocycles. The highest BCUT2D eigenvalue weighted by molar-refractivity contribution is 7.99. The third kappa shape index (κ3) is 4.15. The maximum absolute atomic E-state index is 12.2. The number of carbonyl (C=O) groups is 1. The van der Waals surface area contributed by atoms with Gasteiger partial charge in [-0.3, -0.25) is 4.79 Å². The van der Waals surface area contributed by atoms with Crippen molar-refractivity contribution in [1.29, 1.82) is 5.26 Å².